The Hall–Kier alpha value is -1.08. The first-order valence-corrected chi connectivity index (χ1v) is 7.14. The van der Waals surface area contributed by atoms with Gasteiger partial charge in [0.25, 0.3) is 5.91 Å². The highest BCUT2D eigenvalue weighted by Crippen LogP contribution is 2.07. The number of carbonyl (C=O) groups is 1. The molecule has 0 radical (unpaired) electrons. The van der Waals surface area contributed by atoms with E-state index in [1.54, 1.807) is 24.3 Å². The molecular formula is C14H22BClN2O3. The lowest BCUT2D eigenvalue weighted by Crippen LogP contribution is -2.41. The molecule has 0 aromatic heterocycles. The molecule has 0 saturated carbocycles. The van der Waals surface area contributed by atoms with Crippen molar-refractivity contribution < 1.29 is 14.8 Å². The number of nitrogens with one attached hydrogen (secondary N) is 1. The van der Waals surface area contributed by atoms with E-state index in [1.165, 1.54) is 19.3 Å². The number of amides is 1. The number of benzene rings is 1. The summed E-state index contributed by atoms with van der Waals surface area (Å²) in [6.07, 6.45) is 3.76. The number of likely N-dealkylation sites (tertiary alicyclic amines) is 1. The smallest absolute Gasteiger partial charge is 0.423 e. The third kappa shape index (κ3) is 5.32. The van der Waals surface area contributed by atoms with Gasteiger partial charge in [-0.25, -0.2) is 0 Å². The lowest BCUT2D eigenvalue weighted by atomic mass is 9.77. The second-order valence-corrected chi connectivity index (χ2v) is 5.12. The van der Waals surface area contributed by atoms with Crippen molar-refractivity contribution in [2.24, 2.45) is 0 Å². The molecule has 1 fully saturated rings. The molecule has 0 unspecified atom stereocenters. The number of hydrogen-bond donors (Lipinski definition) is 3. The maximum Gasteiger partial charge on any atom is 0.489 e. The summed E-state index contributed by atoms with van der Waals surface area (Å²) >= 11 is 0. The van der Waals surface area contributed by atoms with E-state index in [1.807, 2.05) is 0 Å². The molecule has 1 aliphatic heterocycles. The van der Waals surface area contributed by atoms with Gasteiger partial charge in [0, 0.05) is 18.7 Å². The molecule has 1 amide bonds. The third-order valence-electron chi connectivity index (χ3n) is 3.65. The minimum atomic E-state index is -1.63. The summed E-state index contributed by atoms with van der Waals surface area (Å²) in [5, 5.41) is 21.3. The van der Waals surface area contributed by atoms with Crippen molar-refractivity contribution in [3.05, 3.63) is 29.8 Å². The molecule has 1 aromatic rings. The van der Waals surface area contributed by atoms with Crippen molar-refractivity contribution in [2.45, 2.75) is 19.3 Å². The van der Waals surface area contributed by atoms with Crippen LogP contribution in [-0.2, 0) is 0 Å². The van der Waals surface area contributed by atoms with Crippen LogP contribution < -0.4 is 10.8 Å². The van der Waals surface area contributed by atoms with Crippen LogP contribution in [0.15, 0.2) is 24.3 Å². The topological polar surface area (TPSA) is 72.8 Å². The predicted octanol–water partition coefficient (Wildman–Crippen LogP) is 0.00390. The van der Waals surface area contributed by atoms with Gasteiger partial charge in [-0.05, 0) is 37.5 Å². The lowest BCUT2D eigenvalue weighted by molar-refractivity contribution is 0.0947. The molecule has 1 heterocycles. The van der Waals surface area contributed by atoms with Gasteiger partial charge >= 0.3 is 7.12 Å². The molecule has 1 saturated heterocycles. The molecular weight excluding hydrogens is 290 g/mol. The molecule has 21 heavy (non-hydrogen) atoms. The average Bonchev–Trinajstić information content (AvgIpc) is 2.48. The van der Waals surface area contributed by atoms with Crippen molar-refractivity contribution in [2.75, 3.05) is 26.2 Å². The highest BCUT2D eigenvalue weighted by atomic mass is 35.5. The van der Waals surface area contributed by atoms with Gasteiger partial charge in [-0.2, -0.15) is 0 Å². The van der Waals surface area contributed by atoms with Crippen LogP contribution in [0.2, 0.25) is 0 Å². The van der Waals surface area contributed by atoms with E-state index in [0.717, 1.165) is 19.6 Å². The van der Waals surface area contributed by atoms with Crippen LogP contribution in [-0.4, -0.2) is 54.2 Å². The largest absolute Gasteiger partial charge is 0.489 e. The zero-order valence-electron chi connectivity index (χ0n) is 12.0. The molecule has 7 heteroatoms. The van der Waals surface area contributed by atoms with Crippen LogP contribution >= 0.6 is 12.4 Å². The summed E-state index contributed by atoms with van der Waals surface area (Å²) in [7, 11) is -1.63. The quantitative estimate of drug-likeness (QED) is 0.670. The monoisotopic (exact) mass is 312 g/mol. The SMILES string of the molecule is Cl.O=C(NCCN1CCCCC1)c1ccccc1B(O)O. The lowest BCUT2D eigenvalue weighted by Gasteiger charge is -2.26. The number of piperidine rings is 1. The second-order valence-electron chi connectivity index (χ2n) is 5.12. The first-order chi connectivity index (χ1) is 9.68. The maximum absolute atomic E-state index is 12.1. The van der Waals surface area contributed by atoms with Gasteiger partial charge in [0.1, 0.15) is 0 Å². The van der Waals surface area contributed by atoms with E-state index in [-0.39, 0.29) is 23.8 Å². The van der Waals surface area contributed by atoms with Crippen molar-refractivity contribution in [3.63, 3.8) is 0 Å². The zero-order chi connectivity index (χ0) is 14.4. The number of hydrogen-bond acceptors (Lipinski definition) is 4. The Morgan fingerprint density at radius 3 is 2.52 bits per heavy atom. The molecule has 0 bridgehead atoms. The van der Waals surface area contributed by atoms with Crippen LogP contribution in [0.3, 0.4) is 0 Å². The fourth-order valence-electron chi connectivity index (χ4n) is 2.53. The Labute approximate surface area is 131 Å². The Bertz CT molecular complexity index is 454. The fourth-order valence-corrected chi connectivity index (χ4v) is 2.53. The third-order valence-corrected chi connectivity index (χ3v) is 3.65. The summed E-state index contributed by atoms with van der Waals surface area (Å²) in [4.78, 5) is 14.4. The van der Waals surface area contributed by atoms with Gasteiger partial charge in [-0.15, -0.1) is 12.4 Å². The molecule has 0 atom stereocenters. The van der Waals surface area contributed by atoms with Crippen LogP contribution in [0.1, 0.15) is 29.6 Å². The number of rotatable bonds is 5. The number of nitrogens with zero attached hydrogens (tertiary/aromatic N) is 1. The minimum absolute atomic E-state index is 0. The van der Waals surface area contributed by atoms with Gasteiger partial charge < -0.3 is 20.3 Å². The van der Waals surface area contributed by atoms with E-state index in [9.17, 15) is 14.8 Å². The maximum atomic E-state index is 12.1. The molecule has 1 aromatic carbocycles. The van der Waals surface area contributed by atoms with Crippen molar-refractivity contribution >= 4 is 30.9 Å². The molecule has 5 nitrogen and oxygen atoms in total. The fraction of sp³-hybridized carbons (Fsp3) is 0.500. The first kappa shape index (κ1) is 18.0. The average molecular weight is 313 g/mol. The van der Waals surface area contributed by atoms with Crippen LogP contribution in [0.4, 0.5) is 0 Å². The van der Waals surface area contributed by atoms with E-state index in [4.69, 9.17) is 0 Å². The first-order valence-electron chi connectivity index (χ1n) is 7.14. The number of carbonyl (C=O) groups excluding carboxylic acids is 1. The van der Waals surface area contributed by atoms with E-state index < -0.39 is 7.12 Å². The summed E-state index contributed by atoms with van der Waals surface area (Å²) in [5.41, 5.74) is 0.559. The van der Waals surface area contributed by atoms with Crippen LogP contribution in [0.25, 0.3) is 0 Å². The Morgan fingerprint density at radius 1 is 1.19 bits per heavy atom. The van der Waals surface area contributed by atoms with Gasteiger partial charge in [-0.1, -0.05) is 24.6 Å². The van der Waals surface area contributed by atoms with Crippen LogP contribution in [0, 0.1) is 0 Å². The van der Waals surface area contributed by atoms with Gasteiger partial charge in [0.05, 0.1) is 0 Å². The summed E-state index contributed by atoms with van der Waals surface area (Å²) in [5.74, 6) is -0.259. The molecule has 1 aliphatic rings. The Morgan fingerprint density at radius 2 is 1.86 bits per heavy atom. The van der Waals surface area contributed by atoms with Crippen LogP contribution in [0.5, 0.6) is 0 Å². The highest BCUT2D eigenvalue weighted by Gasteiger charge is 2.19. The van der Waals surface area contributed by atoms with Gasteiger partial charge in [-0.3, -0.25) is 4.79 Å². The summed E-state index contributed by atoms with van der Waals surface area (Å²) in [6, 6.07) is 6.54. The Balaban J connectivity index is 0.00000220. The van der Waals surface area contributed by atoms with E-state index in [0.29, 0.717) is 12.1 Å². The molecule has 0 spiro atoms. The van der Waals surface area contributed by atoms with Crippen molar-refractivity contribution in [3.8, 4) is 0 Å². The highest BCUT2D eigenvalue weighted by molar-refractivity contribution is 6.60. The second kappa shape index (κ2) is 9.05. The minimum Gasteiger partial charge on any atom is -0.423 e. The normalized spacial score (nSPS) is 15.1. The predicted molar refractivity (Wildman–Crippen MR) is 86.1 cm³/mol. The van der Waals surface area contributed by atoms with Crippen molar-refractivity contribution in [1.82, 2.24) is 10.2 Å². The summed E-state index contributed by atoms with van der Waals surface area (Å²) in [6.45, 7) is 3.62. The van der Waals surface area contributed by atoms with E-state index >= 15 is 0 Å². The number of halogens is 1. The molecule has 116 valence electrons. The molecule has 3 N–H and O–H groups in total. The Kier molecular flexibility index (Phi) is 7.74. The van der Waals surface area contributed by atoms with Crippen molar-refractivity contribution in [1.29, 1.82) is 0 Å². The van der Waals surface area contributed by atoms with Gasteiger partial charge in [0.2, 0.25) is 0 Å². The van der Waals surface area contributed by atoms with Gasteiger partial charge in [0.15, 0.2) is 0 Å². The zero-order valence-corrected chi connectivity index (χ0v) is 12.8. The van der Waals surface area contributed by atoms with E-state index in [2.05, 4.69) is 10.2 Å². The summed E-state index contributed by atoms with van der Waals surface area (Å²) < 4.78 is 0. The molecule has 2 rings (SSSR count). The molecule has 0 aliphatic carbocycles. The standard InChI is InChI=1S/C14H21BN2O3.ClH/c18-14(12-6-2-3-7-13(12)15(19)20)16-8-11-17-9-4-1-5-10-17;/h2-3,6-7,19-20H,1,4-5,8-11H2,(H,16,18);1H.